The molecular weight excluding hydrogens is 300 g/mol. The van der Waals surface area contributed by atoms with Crippen molar-refractivity contribution in [2.45, 2.75) is 38.9 Å². The van der Waals surface area contributed by atoms with Crippen LogP contribution in [0.2, 0.25) is 0 Å². The zero-order valence-electron chi connectivity index (χ0n) is 14.1. The van der Waals surface area contributed by atoms with E-state index in [4.69, 9.17) is 10.00 Å². The van der Waals surface area contributed by atoms with E-state index in [0.717, 1.165) is 45.0 Å². The molecule has 5 heteroatoms. The Kier molecular flexibility index (Phi) is 5.63. The molecule has 1 aromatic heterocycles. The SMILES string of the molecule is CCn1ccnc1C(NCc1ccc(C#N)cc1)C1CCOCC1. The van der Waals surface area contributed by atoms with E-state index >= 15 is 0 Å². The third-order valence-electron chi connectivity index (χ3n) is 4.71. The first kappa shape index (κ1) is 16.7. The highest BCUT2D eigenvalue weighted by Gasteiger charge is 2.28. The van der Waals surface area contributed by atoms with E-state index in [9.17, 15) is 0 Å². The van der Waals surface area contributed by atoms with Crippen LogP contribution in [-0.4, -0.2) is 22.8 Å². The average molecular weight is 324 g/mol. The monoisotopic (exact) mass is 324 g/mol. The van der Waals surface area contributed by atoms with Crippen LogP contribution in [0.25, 0.3) is 0 Å². The van der Waals surface area contributed by atoms with Crippen molar-refractivity contribution >= 4 is 0 Å². The molecule has 5 nitrogen and oxygen atoms in total. The lowest BCUT2D eigenvalue weighted by molar-refractivity contribution is 0.0517. The normalized spacial score (nSPS) is 16.7. The van der Waals surface area contributed by atoms with E-state index in [0.29, 0.717) is 11.5 Å². The number of rotatable bonds is 6. The largest absolute Gasteiger partial charge is 0.381 e. The van der Waals surface area contributed by atoms with Gasteiger partial charge in [0.05, 0.1) is 17.7 Å². The number of aromatic nitrogens is 2. The summed E-state index contributed by atoms with van der Waals surface area (Å²) in [5.41, 5.74) is 1.88. The molecule has 0 bridgehead atoms. The highest BCUT2D eigenvalue weighted by molar-refractivity contribution is 5.31. The number of nitriles is 1. The molecule has 1 aromatic carbocycles. The standard InChI is InChI=1S/C19H24N4O/c1-2-23-10-9-21-19(23)18(17-7-11-24-12-8-17)22-14-16-5-3-15(13-20)4-6-16/h3-6,9-10,17-18,22H,2,7-8,11-12,14H2,1H3. The van der Waals surface area contributed by atoms with E-state index in [-0.39, 0.29) is 6.04 Å². The number of imidazole rings is 1. The number of aryl methyl sites for hydroxylation is 1. The smallest absolute Gasteiger partial charge is 0.126 e. The molecule has 1 atom stereocenters. The summed E-state index contributed by atoms with van der Waals surface area (Å²) < 4.78 is 7.74. The molecule has 2 heterocycles. The summed E-state index contributed by atoms with van der Waals surface area (Å²) in [5, 5.41) is 12.6. The fraction of sp³-hybridized carbons (Fsp3) is 0.474. The molecule has 1 aliphatic heterocycles. The molecule has 24 heavy (non-hydrogen) atoms. The lowest BCUT2D eigenvalue weighted by Crippen LogP contribution is -2.33. The van der Waals surface area contributed by atoms with Crippen LogP contribution in [-0.2, 0) is 17.8 Å². The van der Waals surface area contributed by atoms with Crippen LogP contribution < -0.4 is 5.32 Å². The summed E-state index contributed by atoms with van der Waals surface area (Å²) in [4.78, 5) is 4.62. The summed E-state index contributed by atoms with van der Waals surface area (Å²) in [5.74, 6) is 1.64. The Morgan fingerprint density at radius 2 is 2.08 bits per heavy atom. The van der Waals surface area contributed by atoms with Gasteiger partial charge in [0.1, 0.15) is 5.82 Å². The molecule has 0 saturated carbocycles. The van der Waals surface area contributed by atoms with Crippen molar-refractivity contribution in [2.75, 3.05) is 13.2 Å². The average Bonchev–Trinajstić information content (AvgIpc) is 3.12. The predicted octanol–water partition coefficient (Wildman–Crippen LogP) is 3.03. The highest BCUT2D eigenvalue weighted by Crippen LogP contribution is 2.29. The fourth-order valence-electron chi connectivity index (χ4n) is 3.31. The minimum Gasteiger partial charge on any atom is -0.381 e. The van der Waals surface area contributed by atoms with E-state index in [1.54, 1.807) is 0 Å². The summed E-state index contributed by atoms with van der Waals surface area (Å²) in [6.45, 7) is 5.49. The van der Waals surface area contributed by atoms with Crippen LogP contribution in [0.4, 0.5) is 0 Å². The third kappa shape index (κ3) is 3.84. The predicted molar refractivity (Wildman–Crippen MR) is 92.2 cm³/mol. The molecule has 1 fully saturated rings. The Balaban J connectivity index is 1.75. The summed E-state index contributed by atoms with van der Waals surface area (Å²) in [7, 11) is 0. The summed E-state index contributed by atoms with van der Waals surface area (Å²) in [6, 6.07) is 10.1. The van der Waals surface area contributed by atoms with Crippen molar-refractivity contribution in [3.8, 4) is 6.07 Å². The molecule has 3 rings (SSSR count). The molecule has 126 valence electrons. The Morgan fingerprint density at radius 1 is 1.33 bits per heavy atom. The second kappa shape index (κ2) is 8.09. The second-order valence-electron chi connectivity index (χ2n) is 6.19. The maximum atomic E-state index is 8.91. The third-order valence-corrected chi connectivity index (χ3v) is 4.71. The van der Waals surface area contributed by atoms with Crippen molar-refractivity contribution in [3.63, 3.8) is 0 Å². The van der Waals surface area contributed by atoms with E-state index < -0.39 is 0 Å². The van der Waals surface area contributed by atoms with Gasteiger partial charge >= 0.3 is 0 Å². The Morgan fingerprint density at radius 3 is 2.75 bits per heavy atom. The van der Waals surface area contributed by atoms with Gasteiger partial charge in [0.2, 0.25) is 0 Å². The molecule has 0 aliphatic carbocycles. The molecule has 0 spiro atoms. The fourth-order valence-corrected chi connectivity index (χ4v) is 3.31. The molecule has 1 saturated heterocycles. The number of ether oxygens (including phenoxy) is 1. The van der Waals surface area contributed by atoms with E-state index in [1.165, 1.54) is 5.56 Å². The quantitative estimate of drug-likeness (QED) is 0.887. The number of hydrogen-bond donors (Lipinski definition) is 1. The van der Waals surface area contributed by atoms with Gasteiger partial charge in [-0.05, 0) is 43.4 Å². The van der Waals surface area contributed by atoms with Crippen molar-refractivity contribution in [1.82, 2.24) is 14.9 Å². The van der Waals surface area contributed by atoms with Crippen LogP contribution in [0, 0.1) is 17.2 Å². The van der Waals surface area contributed by atoms with Gasteiger partial charge in [-0.15, -0.1) is 0 Å². The second-order valence-corrected chi connectivity index (χ2v) is 6.19. The van der Waals surface area contributed by atoms with Crippen LogP contribution in [0.5, 0.6) is 0 Å². The first-order valence-corrected chi connectivity index (χ1v) is 8.63. The molecule has 1 aliphatic rings. The van der Waals surface area contributed by atoms with Crippen molar-refractivity contribution in [1.29, 1.82) is 5.26 Å². The van der Waals surface area contributed by atoms with Gasteiger partial charge in [-0.3, -0.25) is 0 Å². The van der Waals surface area contributed by atoms with Gasteiger partial charge in [0.15, 0.2) is 0 Å². The van der Waals surface area contributed by atoms with Crippen LogP contribution in [0.15, 0.2) is 36.7 Å². The van der Waals surface area contributed by atoms with E-state index in [2.05, 4.69) is 27.9 Å². The number of nitrogens with one attached hydrogen (secondary N) is 1. The molecule has 0 amide bonds. The van der Waals surface area contributed by atoms with Crippen LogP contribution in [0.3, 0.4) is 0 Å². The molecular formula is C19H24N4O. The van der Waals surface area contributed by atoms with Crippen molar-refractivity contribution in [2.24, 2.45) is 5.92 Å². The van der Waals surface area contributed by atoms with Crippen LogP contribution in [0.1, 0.15) is 42.8 Å². The molecule has 1 unspecified atom stereocenters. The lowest BCUT2D eigenvalue weighted by atomic mass is 9.91. The molecule has 2 aromatic rings. The van der Waals surface area contributed by atoms with Gasteiger partial charge in [-0.2, -0.15) is 5.26 Å². The maximum Gasteiger partial charge on any atom is 0.126 e. The lowest BCUT2D eigenvalue weighted by Gasteiger charge is -2.31. The van der Waals surface area contributed by atoms with E-state index in [1.807, 2.05) is 36.7 Å². The zero-order chi connectivity index (χ0) is 16.8. The van der Waals surface area contributed by atoms with Crippen molar-refractivity contribution < 1.29 is 4.74 Å². The minimum absolute atomic E-state index is 0.222. The first-order chi connectivity index (χ1) is 11.8. The number of hydrogen-bond acceptors (Lipinski definition) is 4. The Bertz CT molecular complexity index is 680. The molecule has 1 N–H and O–H groups in total. The van der Waals surface area contributed by atoms with Gasteiger partial charge in [0, 0.05) is 38.7 Å². The summed E-state index contributed by atoms with van der Waals surface area (Å²) >= 11 is 0. The Labute approximate surface area is 143 Å². The highest BCUT2D eigenvalue weighted by atomic mass is 16.5. The summed E-state index contributed by atoms with van der Waals surface area (Å²) in [6.07, 6.45) is 6.04. The number of nitrogens with zero attached hydrogens (tertiary/aromatic N) is 3. The zero-order valence-corrected chi connectivity index (χ0v) is 14.1. The maximum absolute atomic E-state index is 8.91. The minimum atomic E-state index is 0.222. The van der Waals surface area contributed by atoms with Gasteiger partial charge in [-0.25, -0.2) is 4.98 Å². The topological polar surface area (TPSA) is 62.9 Å². The first-order valence-electron chi connectivity index (χ1n) is 8.63. The van der Waals surface area contributed by atoms with Gasteiger partial charge in [-0.1, -0.05) is 12.1 Å². The van der Waals surface area contributed by atoms with Gasteiger partial charge < -0.3 is 14.6 Å². The van der Waals surface area contributed by atoms with Crippen LogP contribution >= 0.6 is 0 Å². The van der Waals surface area contributed by atoms with Gasteiger partial charge in [0.25, 0.3) is 0 Å². The molecule has 0 radical (unpaired) electrons. The Hall–Kier alpha value is -2.16. The van der Waals surface area contributed by atoms with Crippen molar-refractivity contribution in [3.05, 3.63) is 53.6 Å². The number of benzene rings is 1.